The first-order chi connectivity index (χ1) is 18.3. The number of H-pyrrole nitrogens is 1. The number of nitrogens with one attached hydrogen (secondary N) is 1. The second-order valence-corrected chi connectivity index (χ2v) is 9.51. The van der Waals surface area contributed by atoms with Crippen LogP contribution in [0.4, 0.5) is 5.82 Å². The number of rotatable bonds is 8. The molecule has 0 bridgehead atoms. The molecule has 198 valence electrons. The number of carbonyl (C=O) groups excluding carboxylic acids is 2. The normalized spacial score (nSPS) is 18.3. The molecule has 13 nitrogen and oxygen atoms in total. The van der Waals surface area contributed by atoms with Crippen LogP contribution in [0.15, 0.2) is 30.9 Å². The number of aryl methyl sites for hydroxylation is 1. The van der Waals surface area contributed by atoms with Crippen molar-refractivity contribution in [3.8, 4) is 11.1 Å². The maximum atomic E-state index is 13.1. The monoisotopic (exact) mass is 519 g/mol. The van der Waals surface area contributed by atoms with Crippen molar-refractivity contribution < 1.29 is 19.8 Å². The molecule has 4 aromatic rings. The van der Waals surface area contributed by atoms with Gasteiger partial charge in [-0.1, -0.05) is 6.07 Å². The Morgan fingerprint density at radius 3 is 2.74 bits per heavy atom. The van der Waals surface area contributed by atoms with Gasteiger partial charge in [-0.3, -0.25) is 14.6 Å². The number of aromatic amines is 1. The number of aliphatic hydroxyl groups excluding tert-OH is 2. The number of nitrogens with zero attached hydrogens (tertiary/aromatic N) is 7. The predicted molar refractivity (Wildman–Crippen MR) is 136 cm³/mol. The lowest BCUT2D eigenvalue weighted by Crippen LogP contribution is -2.40. The fourth-order valence-electron chi connectivity index (χ4n) is 5.14. The van der Waals surface area contributed by atoms with Crippen molar-refractivity contribution in [2.45, 2.75) is 57.7 Å². The van der Waals surface area contributed by atoms with Crippen molar-refractivity contribution in [1.82, 2.24) is 39.7 Å². The molecule has 0 aromatic carbocycles. The van der Waals surface area contributed by atoms with E-state index in [1.165, 1.54) is 17.8 Å². The lowest BCUT2D eigenvalue weighted by atomic mass is 10.0. The molecule has 1 unspecified atom stereocenters. The summed E-state index contributed by atoms with van der Waals surface area (Å²) in [4.78, 5) is 39.3. The molecule has 1 aliphatic rings. The number of anilines is 1. The number of aliphatic hydroxyl groups is 2. The van der Waals surface area contributed by atoms with Gasteiger partial charge in [-0.25, -0.2) is 4.98 Å². The number of nitrogens with two attached hydrogens (primary N) is 1. The second kappa shape index (κ2) is 10.3. The van der Waals surface area contributed by atoms with E-state index >= 15 is 0 Å². The van der Waals surface area contributed by atoms with Crippen LogP contribution in [0.1, 0.15) is 71.6 Å². The molecule has 0 aliphatic carbocycles. The Kier molecular flexibility index (Phi) is 6.87. The average molecular weight is 520 g/mol. The fourth-order valence-corrected chi connectivity index (χ4v) is 5.14. The summed E-state index contributed by atoms with van der Waals surface area (Å²) in [6.45, 7) is 3.02. The van der Waals surface area contributed by atoms with Gasteiger partial charge in [0.1, 0.15) is 18.2 Å². The van der Waals surface area contributed by atoms with Gasteiger partial charge >= 0.3 is 0 Å². The van der Waals surface area contributed by atoms with Gasteiger partial charge in [0, 0.05) is 29.4 Å². The standard InChI is InChI=1S/C25H29N9O4/c1-13-3-5-16(33(13)25(38)23-28-12-29-32-23)6-8-19-21(14(2)36)22(26)34-24(31-19)17(10-30-34)15-4-7-18(27-9-15)20(37)11-35/h4,7,9-10,12-13,16,20,35,37H,3,5-6,8,11,26H2,1-2H3,(H,28,29,32)/t13-,16-,20?/m1/s1. The number of Topliss-reactive ketones (excluding diaryl/α,β-unsaturated/α-hetero) is 1. The fraction of sp³-hybridized carbons (Fsp3) is 0.400. The molecule has 4 aromatic heterocycles. The van der Waals surface area contributed by atoms with Gasteiger partial charge in [0.15, 0.2) is 11.4 Å². The van der Waals surface area contributed by atoms with Crippen LogP contribution < -0.4 is 5.73 Å². The molecule has 3 atom stereocenters. The molecule has 1 aliphatic heterocycles. The van der Waals surface area contributed by atoms with Crippen molar-refractivity contribution in [3.63, 3.8) is 0 Å². The highest BCUT2D eigenvalue weighted by Gasteiger charge is 2.36. The number of ketones is 1. The van der Waals surface area contributed by atoms with Crippen LogP contribution in [0.2, 0.25) is 0 Å². The topological polar surface area (TPSA) is 189 Å². The molecule has 5 N–H and O–H groups in total. The quantitative estimate of drug-likeness (QED) is 0.247. The third-order valence-electron chi connectivity index (χ3n) is 7.08. The molecule has 0 radical (unpaired) electrons. The smallest absolute Gasteiger partial charge is 0.292 e. The molecule has 1 amide bonds. The third-order valence-corrected chi connectivity index (χ3v) is 7.08. The summed E-state index contributed by atoms with van der Waals surface area (Å²) in [7, 11) is 0. The van der Waals surface area contributed by atoms with Crippen molar-refractivity contribution in [1.29, 1.82) is 0 Å². The molecule has 1 saturated heterocycles. The van der Waals surface area contributed by atoms with Crippen LogP contribution >= 0.6 is 0 Å². The minimum absolute atomic E-state index is 0.0478. The SMILES string of the molecule is CC(=O)c1c(CC[C@H]2CC[C@@H](C)N2C(=O)c2nnc[nH]2)nc2c(-c3ccc(C(O)CO)nc3)cnn2c1N. The van der Waals surface area contributed by atoms with Crippen molar-refractivity contribution in [2.75, 3.05) is 12.3 Å². The van der Waals surface area contributed by atoms with Gasteiger partial charge in [-0.05, 0) is 45.6 Å². The number of carbonyl (C=O) groups is 2. The minimum Gasteiger partial charge on any atom is -0.393 e. The van der Waals surface area contributed by atoms with E-state index in [9.17, 15) is 14.7 Å². The number of aromatic nitrogens is 7. The first-order valence-corrected chi connectivity index (χ1v) is 12.4. The highest BCUT2D eigenvalue weighted by Crippen LogP contribution is 2.31. The van der Waals surface area contributed by atoms with Crippen molar-refractivity contribution in [2.24, 2.45) is 0 Å². The van der Waals surface area contributed by atoms with E-state index in [1.54, 1.807) is 24.5 Å². The number of nitrogen functional groups attached to an aromatic ring is 1. The number of amides is 1. The van der Waals surface area contributed by atoms with Gasteiger partial charge in [0.05, 0.1) is 29.8 Å². The van der Waals surface area contributed by atoms with Crippen molar-refractivity contribution in [3.05, 3.63) is 53.6 Å². The molecular formula is C25H29N9O4. The van der Waals surface area contributed by atoms with Gasteiger partial charge in [-0.2, -0.15) is 9.61 Å². The van der Waals surface area contributed by atoms with E-state index in [4.69, 9.17) is 15.8 Å². The van der Waals surface area contributed by atoms with Crippen molar-refractivity contribution >= 4 is 23.2 Å². The maximum absolute atomic E-state index is 13.1. The number of hydrogen-bond acceptors (Lipinski definition) is 10. The first-order valence-electron chi connectivity index (χ1n) is 12.4. The van der Waals surface area contributed by atoms with E-state index < -0.39 is 12.7 Å². The summed E-state index contributed by atoms with van der Waals surface area (Å²) < 4.78 is 1.43. The van der Waals surface area contributed by atoms with Crippen LogP contribution in [0.25, 0.3) is 16.8 Å². The molecule has 0 spiro atoms. The van der Waals surface area contributed by atoms with Crippen LogP contribution in [0, 0.1) is 0 Å². The Hall–Kier alpha value is -4.23. The highest BCUT2D eigenvalue weighted by atomic mass is 16.3. The summed E-state index contributed by atoms with van der Waals surface area (Å²) in [6, 6.07) is 3.36. The summed E-state index contributed by atoms with van der Waals surface area (Å²) in [5.74, 6) is -0.0275. The second-order valence-electron chi connectivity index (χ2n) is 9.51. The molecule has 38 heavy (non-hydrogen) atoms. The molecule has 1 fully saturated rings. The zero-order valence-corrected chi connectivity index (χ0v) is 21.1. The maximum Gasteiger partial charge on any atom is 0.292 e. The van der Waals surface area contributed by atoms with E-state index in [0.29, 0.717) is 46.6 Å². The first kappa shape index (κ1) is 25.4. The lowest BCUT2D eigenvalue weighted by molar-refractivity contribution is 0.0659. The molecule has 5 heterocycles. The van der Waals surface area contributed by atoms with Crippen LogP contribution in [-0.4, -0.2) is 80.3 Å². The Labute approximate surface area is 217 Å². The lowest BCUT2D eigenvalue weighted by Gasteiger charge is -2.28. The average Bonchev–Trinajstić information content (AvgIpc) is 3.67. The summed E-state index contributed by atoms with van der Waals surface area (Å²) in [5.41, 5.74) is 9.42. The Balaban J connectivity index is 1.47. The van der Waals surface area contributed by atoms with Crippen LogP contribution in [-0.2, 0) is 6.42 Å². The molecule has 5 rings (SSSR count). The number of hydrogen-bond donors (Lipinski definition) is 4. The van der Waals surface area contributed by atoms with Gasteiger partial charge in [-0.15, -0.1) is 10.2 Å². The number of likely N-dealkylation sites (tertiary alicyclic amines) is 1. The van der Waals surface area contributed by atoms with Gasteiger partial charge < -0.3 is 25.8 Å². The van der Waals surface area contributed by atoms with Crippen LogP contribution in [0.3, 0.4) is 0 Å². The highest BCUT2D eigenvalue weighted by molar-refractivity contribution is 6.00. The van der Waals surface area contributed by atoms with Gasteiger partial charge in [0.25, 0.3) is 5.91 Å². The number of fused-ring (bicyclic) bond motifs is 1. The van der Waals surface area contributed by atoms with E-state index in [1.807, 2.05) is 11.8 Å². The van der Waals surface area contributed by atoms with E-state index in [2.05, 4.69) is 25.3 Å². The third kappa shape index (κ3) is 4.50. The summed E-state index contributed by atoms with van der Waals surface area (Å²) >= 11 is 0. The molecule has 13 heteroatoms. The summed E-state index contributed by atoms with van der Waals surface area (Å²) in [5, 5.41) is 30.9. The van der Waals surface area contributed by atoms with Gasteiger partial charge in [0.2, 0.25) is 5.82 Å². The zero-order valence-electron chi connectivity index (χ0n) is 21.1. The molecular weight excluding hydrogens is 490 g/mol. The number of pyridine rings is 1. The summed E-state index contributed by atoms with van der Waals surface area (Å²) in [6.07, 6.45) is 6.18. The Bertz CT molecular complexity index is 1470. The predicted octanol–water partition coefficient (Wildman–Crippen LogP) is 1.35. The van der Waals surface area contributed by atoms with Crippen LogP contribution in [0.5, 0.6) is 0 Å². The largest absolute Gasteiger partial charge is 0.393 e. The van der Waals surface area contributed by atoms with E-state index in [0.717, 1.165) is 12.8 Å². The molecule has 0 saturated carbocycles. The minimum atomic E-state index is -1.07. The Morgan fingerprint density at radius 1 is 1.26 bits per heavy atom. The zero-order chi connectivity index (χ0) is 27.0. The van der Waals surface area contributed by atoms with E-state index in [-0.39, 0.29) is 35.4 Å². The Morgan fingerprint density at radius 2 is 2.08 bits per heavy atom.